The SMILES string of the molecule is COC(=O)c1ccc(N)c(C(=O)N2CCC(C(=O)OC)CC2)c1. The molecule has 1 heterocycles. The number of nitrogen functional groups attached to an aromatic ring is 1. The second-order valence-electron chi connectivity index (χ2n) is 5.38. The summed E-state index contributed by atoms with van der Waals surface area (Å²) in [6.07, 6.45) is 1.10. The van der Waals surface area contributed by atoms with Crippen LogP contribution in [0.5, 0.6) is 0 Å². The summed E-state index contributed by atoms with van der Waals surface area (Å²) < 4.78 is 9.38. The Balaban J connectivity index is 2.12. The van der Waals surface area contributed by atoms with Crippen molar-refractivity contribution < 1.29 is 23.9 Å². The second-order valence-corrected chi connectivity index (χ2v) is 5.38. The number of hydrogen-bond acceptors (Lipinski definition) is 6. The number of piperidine rings is 1. The van der Waals surface area contributed by atoms with Crippen LogP contribution in [0.15, 0.2) is 18.2 Å². The summed E-state index contributed by atoms with van der Waals surface area (Å²) in [5.74, 6) is -1.20. The highest BCUT2D eigenvalue weighted by molar-refractivity contribution is 6.02. The van der Waals surface area contributed by atoms with Crippen molar-refractivity contribution in [2.75, 3.05) is 33.0 Å². The van der Waals surface area contributed by atoms with E-state index in [4.69, 9.17) is 10.5 Å². The van der Waals surface area contributed by atoms with E-state index in [1.54, 1.807) is 4.90 Å². The van der Waals surface area contributed by atoms with Crippen LogP contribution in [0.25, 0.3) is 0 Å². The number of hydrogen-bond donors (Lipinski definition) is 1. The van der Waals surface area contributed by atoms with Crippen molar-refractivity contribution in [2.45, 2.75) is 12.8 Å². The normalized spacial score (nSPS) is 15.1. The van der Waals surface area contributed by atoms with Gasteiger partial charge < -0.3 is 20.1 Å². The smallest absolute Gasteiger partial charge is 0.337 e. The molecule has 1 aromatic carbocycles. The number of carbonyl (C=O) groups is 3. The number of ether oxygens (including phenoxy) is 2. The maximum Gasteiger partial charge on any atom is 0.337 e. The standard InChI is InChI=1S/C16H20N2O5/c1-22-15(20)10-5-7-18(8-6-10)14(19)12-9-11(16(21)23-2)3-4-13(12)17/h3-4,9-10H,5-8,17H2,1-2H3. The van der Waals surface area contributed by atoms with Gasteiger partial charge in [0, 0.05) is 18.8 Å². The van der Waals surface area contributed by atoms with E-state index in [2.05, 4.69) is 4.74 Å². The number of nitrogens with zero attached hydrogens (tertiary/aromatic N) is 1. The number of carbonyl (C=O) groups excluding carboxylic acids is 3. The van der Waals surface area contributed by atoms with Crippen LogP contribution in [-0.2, 0) is 14.3 Å². The van der Waals surface area contributed by atoms with E-state index in [0.717, 1.165) is 0 Å². The Kier molecular flexibility index (Phi) is 5.20. The first kappa shape index (κ1) is 16.8. The average molecular weight is 320 g/mol. The molecule has 0 spiro atoms. The molecule has 0 unspecified atom stereocenters. The molecular formula is C16H20N2O5. The first-order valence-electron chi connectivity index (χ1n) is 7.33. The molecule has 1 fully saturated rings. The highest BCUT2D eigenvalue weighted by Gasteiger charge is 2.29. The zero-order valence-corrected chi connectivity index (χ0v) is 13.2. The van der Waals surface area contributed by atoms with Gasteiger partial charge in [-0.3, -0.25) is 9.59 Å². The molecule has 1 saturated heterocycles. The van der Waals surface area contributed by atoms with Gasteiger partial charge in [0.1, 0.15) is 0 Å². The van der Waals surface area contributed by atoms with E-state index in [0.29, 0.717) is 31.6 Å². The van der Waals surface area contributed by atoms with Crippen LogP contribution in [0, 0.1) is 5.92 Å². The van der Waals surface area contributed by atoms with Gasteiger partial charge in [0.25, 0.3) is 5.91 Å². The molecule has 124 valence electrons. The van der Waals surface area contributed by atoms with E-state index in [1.807, 2.05) is 0 Å². The van der Waals surface area contributed by atoms with Crippen molar-refractivity contribution in [3.05, 3.63) is 29.3 Å². The fourth-order valence-corrected chi connectivity index (χ4v) is 2.64. The Labute approximate surface area is 134 Å². The van der Waals surface area contributed by atoms with E-state index in [-0.39, 0.29) is 28.9 Å². The van der Waals surface area contributed by atoms with Gasteiger partial charge >= 0.3 is 11.9 Å². The summed E-state index contributed by atoms with van der Waals surface area (Å²) >= 11 is 0. The van der Waals surface area contributed by atoms with Gasteiger partial charge in [-0.1, -0.05) is 0 Å². The fourth-order valence-electron chi connectivity index (χ4n) is 2.64. The number of amides is 1. The first-order valence-corrected chi connectivity index (χ1v) is 7.33. The molecule has 2 N–H and O–H groups in total. The summed E-state index contributed by atoms with van der Waals surface area (Å²) in [5, 5.41) is 0. The van der Waals surface area contributed by atoms with Crippen molar-refractivity contribution in [1.29, 1.82) is 0 Å². The van der Waals surface area contributed by atoms with Gasteiger partial charge in [-0.2, -0.15) is 0 Å². The minimum Gasteiger partial charge on any atom is -0.469 e. The third kappa shape index (κ3) is 3.61. The van der Waals surface area contributed by atoms with Gasteiger partial charge in [0.15, 0.2) is 0 Å². The lowest BCUT2D eigenvalue weighted by Crippen LogP contribution is -2.40. The Morgan fingerprint density at radius 1 is 1.13 bits per heavy atom. The van der Waals surface area contributed by atoms with Crippen LogP contribution in [0.1, 0.15) is 33.6 Å². The number of benzene rings is 1. The summed E-state index contributed by atoms with van der Waals surface area (Å²) in [7, 11) is 2.64. The van der Waals surface area contributed by atoms with Crippen LogP contribution >= 0.6 is 0 Å². The van der Waals surface area contributed by atoms with Crippen LogP contribution in [0.3, 0.4) is 0 Å². The average Bonchev–Trinajstić information content (AvgIpc) is 2.60. The maximum atomic E-state index is 12.6. The van der Waals surface area contributed by atoms with Crippen molar-refractivity contribution in [3.63, 3.8) is 0 Å². The molecule has 7 heteroatoms. The number of rotatable bonds is 3. The Morgan fingerprint density at radius 3 is 2.35 bits per heavy atom. The van der Waals surface area contributed by atoms with Crippen LogP contribution in [-0.4, -0.2) is 50.1 Å². The molecule has 0 aromatic heterocycles. The van der Waals surface area contributed by atoms with Crippen molar-refractivity contribution in [1.82, 2.24) is 4.90 Å². The van der Waals surface area contributed by atoms with Crippen LogP contribution < -0.4 is 5.73 Å². The predicted molar refractivity (Wildman–Crippen MR) is 82.8 cm³/mol. The summed E-state index contributed by atoms with van der Waals surface area (Å²) in [4.78, 5) is 37.3. The van der Waals surface area contributed by atoms with Gasteiger partial charge in [-0.25, -0.2) is 4.79 Å². The summed E-state index contributed by atoms with van der Waals surface area (Å²) in [6.45, 7) is 0.890. The van der Waals surface area contributed by atoms with Gasteiger partial charge in [-0.15, -0.1) is 0 Å². The largest absolute Gasteiger partial charge is 0.469 e. The summed E-state index contributed by atoms with van der Waals surface area (Å²) in [6, 6.07) is 4.47. The molecule has 0 radical (unpaired) electrons. The molecule has 1 aliphatic rings. The lowest BCUT2D eigenvalue weighted by molar-refractivity contribution is -0.146. The minimum atomic E-state index is -0.525. The topological polar surface area (TPSA) is 98.9 Å². The number of methoxy groups -OCH3 is 2. The zero-order valence-electron chi connectivity index (χ0n) is 13.2. The van der Waals surface area contributed by atoms with E-state index < -0.39 is 5.97 Å². The third-order valence-electron chi connectivity index (χ3n) is 4.02. The van der Waals surface area contributed by atoms with E-state index in [1.165, 1.54) is 32.4 Å². The highest BCUT2D eigenvalue weighted by atomic mass is 16.5. The molecule has 23 heavy (non-hydrogen) atoms. The molecule has 1 amide bonds. The molecule has 0 bridgehead atoms. The molecule has 1 aromatic rings. The van der Waals surface area contributed by atoms with Gasteiger partial charge in [-0.05, 0) is 31.0 Å². The maximum absolute atomic E-state index is 12.6. The number of nitrogens with two attached hydrogens (primary N) is 1. The molecule has 7 nitrogen and oxygen atoms in total. The minimum absolute atomic E-state index is 0.178. The highest BCUT2D eigenvalue weighted by Crippen LogP contribution is 2.23. The predicted octanol–water partition coefficient (Wildman–Crippen LogP) is 1.08. The lowest BCUT2D eigenvalue weighted by Gasteiger charge is -2.31. The van der Waals surface area contributed by atoms with Gasteiger partial charge in [0.05, 0.1) is 31.3 Å². The fraction of sp³-hybridized carbons (Fsp3) is 0.438. The molecule has 1 aliphatic heterocycles. The monoisotopic (exact) mass is 320 g/mol. The molecular weight excluding hydrogens is 300 g/mol. The van der Waals surface area contributed by atoms with E-state index >= 15 is 0 Å². The first-order chi connectivity index (χ1) is 11.0. The summed E-state index contributed by atoms with van der Waals surface area (Å²) in [5.41, 5.74) is 6.71. The van der Waals surface area contributed by atoms with E-state index in [9.17, 15) is 14.4 Å². The van der Waals surface area contributed by atoms with Gasteiger partial charge in [0.2, 0.25) is 0 Å². The lowest BCUT2D eigenvalue weighted by atomic mass is 9.96. The number of likely N-dealkylation sites (tertiary alicyclic amines) is 1. The Bertz CT molecular complexity index is 621. The Morgan fingerprint density at radius 2 is 1.78 bits per heavy atom. The third-order valence-corrected chi connectivity index (χ3v) is 4.02. The molecule has 0 aliphatic carbocycles. The number of esters is 2. The van der Waals surface area contributed by atoms with Crippen LogP contribution in [0.4, 0.5) is 5.69 Å². The molecule has 0 saturated carbocycles. The van der Waals surface area contributed by atoms with Crippen molar-refractivity contribution >= 4 is 23.5 Å². The zero-order chi connectivity index (χ0) is 17.0. The van der Waals surface area contributed by atoms with Crippen LogP contribution in [0.2, 0.25) is 0 Å². The quantitative estimate of drug-likeness (QED) is 0.661. The second kappa shape index (κ2) is 7.13. The van der Waals surface area contributed by atoms with Crippen molar-refractivity contribution in [2.24, 2.45) is 5.92 Å². The molecule has 0 atom stereocenters. The Hall–Kier alpha value is -2.57. The van der Waals surface area contributed by atoms with Crippen molar-refractivity contribution in [3.8, 4) is 0 Å². The molecule has 2 rings (SSSR count). The number of anilines is 1.